The van der Waals surface area contributed by atoms with Crippen molar-refractivity contribution in [3.05, 3.63) is 55.7 Å². The van der Waals surface area contributed by atoms with Crippen molar-refractivity contribution in [3.63, 3.8) is 0 Å². The molecule has 3 rings (SSSR count). The molecule has 0 aliphatic carbocycles. The fourth-order valence-electron chi connectivity index (χ4n) is 3.93. The van der Waals surface area contributed by atoms with Gasteiger partial charge in [0.15, 0.2) is 0 Å². The summed E-state index contributed by atoms with van der Waals surface area (Å²) in [7, 11) is 0. The first kappa shape index (κ1) is 23.6. The lowest BCUT2D eigenvalue weighted by Crippen LogP contribution is -2.39. The number of aryl methyl sites for hydroxylation is 1. The molecular weight excluding hydrogens is 435 g/mol. The molecule has 0 radical (unpaired) electrons. The number of carbonyl (C=O) groups is 1. The summed E-state index contributed by atoms with van der Waals surface area (Å²) in [5, 5.41) is 4.39. The number of hydrogen-bond acceptors (Lipinski definition) is 3. The van der Waals surface area contributed by atoms with Gasteiger partial charge in [0.2, 0.25) is 0 Å². The standard InChI is InChI=1S/C24H32Cl2N2OS/c1-17-4-7-22(30-17)23(29)27-16-24(2,3)10-13-28-11-8-18(9-12-28)14-19-5-6-20(25)21(26)15-19/h4-7,15,18H,8-14,16H2,1-3H3,(H,27,29). The Kier molecular flexibility index (Phi) is 8.25. The molecule has 3 nitrogen and oxygen atoms in total. The second kappa shape index (κ2) is 10.5. The number of nitrogens with zero attached hydrogens (tertiary/aromatic N) is 1. The van der Waals surface area contributed by atoms with Crippen LogP contribution >= 0.6 is 34.5 Å². The molecule has 1 aromatic heterocycles. The maximum absolute atomic E-state index is 12.3. The van der Waals surface area contributed by atoms with Gasteiger partial charge >= 0.3 is 0 Å². The van der Waals surface area contributed by atoms with Crippen molar-refractivity contribution < 1.29 is 4.79 Å². The first-order chi connectivity index (χ1) is 14.2. The number of carbonyl (C=O) groups excluding carboxylic acids is 1. The Bertz CT molecular complexity index is 857. The van der Waals surface area contributed by atoms with Gasteiger partial charge in [-0.3, -0.25) is 4.79 Å². The molecule has 2 aromatic rings. The monoisotopic (exact) mass is 466 g/mol. The Balaban J connectivity index is 1.37. The summed E-state index contributed by atoms with van der Waals surface area (Å²) in [6.45, 7) is 10.6. The van der Waals surface area contributed by atoms with Crippen molar-refractivity contribution >= 4 is 40.4 Å². The smallest absolute Gasteiger partial charge is 0.261 e. The van der Waals surface area contributed by atoms with Gasteiger partial charge in [-0.2, -0.15) is 0 Å². The number of rotatable bonds is 8. The van der Waals surface area contributed by atoms with Crippen molar-refractivity contribution in [2.45, 2.75) is 46.5 Å². The van der Waals surface area contributed by atoms with Crippen molar-refractivity contribution in [2.24, 2.45) is 11.3 Å². The maximum atomic E-state index is 12.3. The van der Waals surface area contributed by atoms with E-state index in [0.717, 1.165) is 37.4 Å². The first-order valence-corrected chi connectivity index (χ1v) is 12.3. The molecule has 0 unspecified atom stereocenters. The van der Waals surface area contributed by atoms with Crippen LogP contribution in [0.3, 0.4) is 0 Å². The SMILES string of the molecule is Cc1ccc(C(=O)NCC(C)(C)CCN2CCC(Cc3ccc(Cl)c(Cl)c3)CC2)s1. The third kappa shape index (κ3) is 6.98. The molecule has 0 spiro atoms. The summed E-state index contributed by atoms with van der Waals surface area (Å²) in [5.74, 6) is 0.754. The molecule has 1 aromatic carbocycles. The number of halogens is 2. The number of nitrogens with one attached hydrogen (secondary N) is 1. The van der Waals surface area contributed by atoms with Crippen LogP contribution in [0.1, 0.15) is 53.2 Å². The zero-order chi connectivity index (χ0) is 21.7. The number of hydrogen-bond donors (Lipinski definition) is 1. The van der Waals surface area contributed by atoms with E-state index in [1.54, 1.807) is 11.3 Å². The molecular formula is C24H32Cl2N2OS. The molecule has 2 heterocycles. The molecule has 1 amide bonds. The van der Waals surface area contributed by atoms with Crippen LogP contribution in [0.25, 0.3) is 0 Å². The van der Waals surface area contributed by atoms with Crippen molar-refractivity contribution in [1.29, 1.82) is 0 Å². The highest BCUT2D eigenvalue weighted by molar-refractivity contribution is 7.13. The highest BCUT2D eigenvalue weighted by Crippen LogP contribution is 2.28. The lowest BCUT2D eigenvalue weighted by atomic mass is 9.87. The molecule has 30 heavy (non-hydrogen) atoms. The minimum absolute atomic E-state index is 0.0456. The molecule has 164 valence electrons. The summed E-state index contributed by atoms with van der Waals surface area (Å²) in [4.78, 5) is 16.8. The third-order valence-corrected chi connectivity index (χ3v) is 7.75. The van der Waals surface area contributed by atoms with Crippen LogP contribution in [0.5, 0.6) is 0 Å². The highest BCUT2D eigenvalue weighted by Gasteiger charge is 2.24. The minimum atomic E-state index is 0.0456. The van der Waals surface area contributed by atoms with Crippen LogP contribution in [0.2, 0.25) is 10.0 Å². The average Bonchev–Trinajstić information content (AvgIpc) is 3.15. The Labute approximate surface area is 194 Å². The van der Waals surface area contributed by atoms with Crippen molar-refractivity contribution in [3.8, 4) is 0 Å². The predicted octanol–water partition coefficient (Wildman–Crippen LogP) is 6.46. The van der Waals surface area contributed by atoms with Gasteiger partial charge in [-0.1, -0.05) is 43.1 Å². The predicted molar refractivity (Wildman–Crippen MR) is 129 cm³/mol. The van der Waals surface area contributed by atoms with E-state index in [1.165, 1.54) is 23.3 Å². The van der Waals surface area contributed by atoms with Crippen LogP contribution in [0.15, 0.2) is 30.3 Å². The third-order valence-electron chi connectivity index (χ3n) is 6.01. The molecule has 1 N–H and O–H groups in total. The lowest BCUT2D eigenvalue weighted by molar-refractivity contribution is 0.0931. The van der Waals surface area contributed by atoms with E-state index in [9.17, 15) is 4.79 Å². The highest BCUT2D eigenvalue weighted by atomic mass is 35.5. The summed E-state index contributed by atoms with van der Waals surface area (Å²) in [6.07, 6.45) is 4.59. The Morgan fingerprint density at radius 1 is 1.17 bits per heavy atom. The molecule has 1 aliphatic heterocycles. The first-order valence-electron chi connectivity index (χ1n) is 10.7. The topological polar surface area (TPSA) is 32.3 Å². The van der Waals surface area contributed by atoms with Gasteiger partial charge in [-0.15, -0.1) is 11.3 Å². The Hall–Kier alpha value is -1.07. The number of likely N-dealkylation sites (tertiary alicyclic amines) is 1. The van der Waals surface area contributed by atoms with Crippen LogP contribution < -0.4 is 5.32 Å². The Morgan fingerprint density at radius 2 is 1.90 bits per heavy atom. The van der Waals surface area contributed by atoms with Crippen LogP contribution in [-0.2, 0) is 6.42 Å². The normalized spacial score (nSPS) is 16.0. The van der Waals surface area contributed by atoms with Crippen LogP contribution in [0.4, 0.5) is 0 Å². The second-order valence-corrected chi connectivity index (χ2v) is 11.3. The molecule has 1 saturated heterocycles. The quantitative estimate of drug-likeness (QED) is 0.483. The van der Waals surface area contributed by atoms with Crippen molar-refractivity contribution in [2.75, 3.05) is 26.2 Å². The van der Waals surface area contributed by atoms with Crippen LogP contribution in [-0.4, -0.2) is 37.0 Å². The fraction of sp³-hybridized carbons (Fsp3) is 0.542. The van der Waals surface area contributed by atoms with Gasteiger partial charge in [0.25, 0.3) is 5.91 Å². The molecule has 0 atom stereocenters. The zero-order valence-electron chi connectivity index (χ0n) is 18.1. The second-order valence-electron chi connectivity index (χ2n) is 9.24. The molecule has 1 aliphatic rings. The van der Waals surface area contributed by atoms with E-state index in [2.05, 4.69) is 30.1 Å². The fourth-order valence-corrected chi connectivity index (χ4v) is 5.03. The van der Waals surface area contributed by atoms with E-state index < -0.39 is 0 Å². The van der Waals surface area contributed by atoms with Gasteiger partial charge in [-0.05, 0) is 93.4 Å². The summed E-state index contributed by atoms with van der Waals surface area (Å²) in [6, 6.07) is 9.90. The number of thiophene rings is 1. The van der Waals surface area contributed by atoms with Gasteiger partial charge < -0.3 is 10.2 Å². The zero-order valence-corrected chi connectivity index (χ0v) is 20.5. The van der Waals surface area contributed by atoms with Crippen LogP contribution in [0, 0.1) is 18.3 Å². The van der Waals surface area contributed by atoms with Gasteiger partial charge in [0.1, 0.15) is 0 Å². The summed E-state index contributed by atoms with van der Waals surface area (Å²) < 4.78 is 0. The Morgan fingerprint density at radius 3 is 2.53 bits per heavy atom. The molecule has 1 fully saturated rings. The van der Waals surface area contributed by atoms with E-state index in [1.807, 2.05) is 31.2 Å². The number of amides is 1. The average molecular weight is 468 g/mol. The minimum Gasteiger partial charge on any atom is -0.351 e. The lowest BCUT2D eigenvalue weighted by Gasteiger charge is -2.34. The van der Waals surface area contributed by atoms with E-state index in [-0.39, 0.29) is 11.3 Å². The van der Waals surface area contributed by atoms with Gasteiger partial charge in [0.05, 0.1) is 14.9 Å². The summed E-state index contributed by atoms with van der Waals surface area (Å²) >= 11 is 13.7. The molecule has 6 heteroatoms. The van der Waals surface area contributed by atoms with Gasteiger partial charge in [-0.25, -0.2) is 0 Å². The van der Waals surface area contributed by atoms with Crippen molar-refractivity contribution in [1.82, 2.24) is 10.2 Å². The van der Waals surface area contributed by atoms with E-state index in [4.69, 9.17) is 23.2 Å². The number of piperidine rings is 1. The van der Waals surface area contributed by atoms with E-state index >= 15 is 0 Å². The number of benzene rings is 1. The molecule has 0 bridgehead atoms. The molecule has 0 saturated carbocycles. The largest absolute Gasteiger partial charge is 0.351 e. The van der Waals surface area contributed by atoms with Gasteiger partial charge in [0, 0.05) is 11.4 Å². The van der Waals surface area contributed by atoms with E-state index in [0.29, 0.717) is 22.5 Å². The maximum Gasteiger partial charge on any atom is 0.261 e. The summed E-state index contributed by atoms with van der Waals surface area (Å²) in [5.41, 5.74) is 1.36.